The first kappa shape index (κ1) is 16.4. The molecule has 1 N–H and O–H groups in total. The first-order valence-electron chi connectivity index (χ1n) is 7.77. The van der Waals surface area contributed by atoms with Crippen LogP contribution in [-0.2, 0) is 9.53 Å². The van der Waals surface area contributed by atoms with Gasteiger partial charge in [0.15, 0.2) is 0 Å². The van der Waals surface area contributed by atoms with Crippen molar-refractivity contribution in [3.8, 4) is 0 Å². The standard InChI is InChI=1S/C16H23N3O3S/c1-10-5-13(23-11(10)2)15(21)19-8-16(9-19)7-18(4)12(6-22-16)14(20)17-3/h5,12H,6-9H2,1-4H3,(H,17,20)/t12-/m1/s1. The molecule has 0 bridgehead atoms. The maximum atomic E-state index is 12.5. The minimum absolute atomic E-state index is 0.0286. The highest BCUT2D eigenvalue weighted by atomic mass is 32.1. The van der Waals surface area contributed by atoms with Gasteiger partial charge in [0.25, 0.3) is 5.91 Å². The molecule has 3 heterocycles. The third-order valence-electron chi connectivity index (χ3n) is 4.79. The molecule has 6 nitrogen and oxygen atoms in total. The van der Waals surface area contributed by atoms with Crippen LogP contribution in [0.1, 0.15) is 20.1 Å². The number of nitrogens with zero attached hydrogens (tertiary/aromatic N) is 2. The van der Waals surface area contributed by atoms with Crippen molar-refractivity contribution < 1.29 is 14.3 Å². The van der Waals surface area contributed by atoms with E-state index in [1.807, 2.05) is 36.8 Å². The van der Waals surface area contributed by atoms with Gasteiger partial charge >= 0.3 is 0 Å². The van der Waals surface area contributed by atoms with E-state index < -0.39 is 0 Å². The number of likely N-dealkylation sites (N-methyl/N-ethyl adjacent to an activating group) is 2. The lowest BCUT2D eigenvalue weighted by Gasteiger charge is -2.54. The van der Waals surface area contributed by atoms with E-state index in [1.54, 1.807) is 18.4 Å². The Morgan fingerprint density at radius 2 is 2.04 bits per heavy atom. The summed E-state index contributed by atoms with van der Waals surface area (Å²) in [5, 5.41) is 2.66. The number of morpholine rings is 1. The number of aryl methyl sites for hydroxylation is 2. The minimum atomic E-state index is -0.323. The van der Waals surface area contributed by atoms with Crippen LogP contribution in [0.25, 0.3) is 0 Å². The Morgan fingerprint density at radius 3 is 2.57 bits per heavy atom. The fraction of sp³-hybridized carbons (Fsp3) is 0.625. The van der Waals surface area contributed by atoms with Gasteiger partial charge in [-0.25, -0.2) is 0 Å². The second-order valence-electron chi connectivity index (χ2n) is 6.55. The average Bonchev–Trinajstić information content (AvgIpc) is 2.82. The summed E-state index contributed by atoms with van der Waals surface area (Å²) in [5.74, 6) is 0.0515. The molecule has 0 saturated carbocycles. The van der Waals surface area contributed by atoms with Gasteiger partial charge in [-0.15, -0.1) is 11.3 Å². The monoisotopic (exact) mass is 337 g/mol. The van der Waals surface area contributed by atoms with E-state index in [2.05, 4.69) is 5.32 Å². The van der Waals surface area contributed by atoms with Gasteiger partial charge in [-0.1, -0.05) is 0 Å². The van der Waals surface area contributed by atoms with E-state index in [4.69, 9.17) is 4.74 Å². The molecule has 1 spiro atoms. The summed E-state index contributed by atoms with van der Waals surface area (Å²) in [4.78, 5) is 30.1. The fourth-order valence-electron chi connectivity index (χ4n) is 3.25. The molecule has 1 atom stereocenters. The van der Waals surface area contributed by atoms with Crippen molar-refractivity contribution in [3.63, 3.8) is 0 Å². The van der Waals surface area contributed by atoms with Crippen LogP contribution in [-0.4, -0.2) is 73.6 Å². The Balaban J connectivity index is 1.60. The second kappa shape index (κ2) is 5.89. The highest BCUT2D eigenvalue weighted by molar-refractivity contribution is 7.14. The fourth-order valence-corrected chi connectivity index (χ4v) is 4.26. The molecule has 3 rings (SSSR count). The van der Waals surface area contributed by atoms with Gasteiger partial charge in [-0.05, 0) is 32.5 Å². The number of likely N-dealkylation sites (tertiary alicyclic amines) is 1. The van der Waals surface area contributed by atoms with Crippen molar-refractivity contribution in [2.24, 2.45) is 0 Å². The van der Waals surface area contributed by atoms with Crippen LogP contribution in [0.2, 0.25) is 0 Å². The molecular weight excluding hydrogens is 314 g/mol. The van der Waals surface area contributed by atoms with E-state index >= 15 is 0 Å². The molecule has 0 aliphatic carbocycles. The lowest BCUT2D eigenvalue weighted by molar-refractivity contribution is -0.187. The van der Waals surface area contributed by atoms with E-state index in [0.29, 0.717) is 26.2 Å². The lowest BCUT2D eigenvalue weighted by atomic mass is 9.90. The molecule has 2 aliphatic heterocycles. The van der Waals surface area contributed by atoms with Crippen LogP contribution in [0.15, 0.2) is 6.07 Å². The summed E-state index contributed by atoms with van der Waals surface area (Å²) < 4.78 is 5.96. The predicted octanol–water partition coefficient (Wildman–Crippen LogP) is 0.636. The summed E-state index contributed by atoms with van der Waals surface area (Å²) in [6.45, 7) is 6.27. The topological polar surface area (TPSA) is 61.9 Å². The van der Waals surface area contributed by atoms with Crippen molar-refractivity contribution in [3.05, 3.63) is 21.4 Å². The molecule has 7 heteroatoms. The number of carbonyl (C=O) groups is 2. The molecule has 1 aromatic rings. The average molecular weight is 337 g/mol. The van der Waals surface area contributed by atoms with Crippen LogP contribution in [0.4, 0.5) is 0 Å². The first-order chi connectivity index (χ1) is 10.8. The predicted molar refractivity (Wildman–Crippen MR) is 88.9 cm³/mol. The largest absolute Gasteiger partial charge is 0.368 e. The number of ether oxygens (including phenoxy) is 1. The molecule has 2 saturated heterocycles. The number of nitrogens with one attached hydrogen (secondary N) is 1. The van der Waals surface area contributed by atoms with Gasteiger partial charge in [0.2, 0.25) is 5.91 Å². The van der Waals surface area contributed by atoms with Crippen LogP contribution < -0.4 is 5.32 Å². The van der Waals surface area contributed by atoms with Crippen LogP contribution in [0, 0.1) is 13.8 Å². The zero-order chi connectivity index (χ0) is 16.8. The molecule has 126 valence electrons. The summed E-state index contributed by atoms with van der Waals surface area (Å²) in [5.41, 5.74) is 0.840. The second-order valence-corrected chi connectivity index (χ2v) is 7.81. The van der Waals surface area contributed by atoms with Crippen molar-refractivity contribution in [1.29, 1.82) is 0 Å². The highest BCUT2D eigenvalue weighted by Gasteiger charge is 2.51. The van der Waals surface area contributed by atoms with E-state index in [9.17, 15) is 9.59 Å². The smallest absolute Gasteiger partial charge is 0.264 e. The molecule has 2 fully saturated rings. The SMILES string of the molecule is CNC(=O)[C@H]1COC2(CN(C(=O)c3cc(C)c(C)s3)C2)CN1C. The molecule has 2 aliphatic rings. The third-order valence-corrected chi connectivity index (χ3v) is 5.93. The van der Waals surface area contributed by atoms with Gasteiger partial charge in [-0.2, -0.15) is 0 Å². The van der Waals surface area contributed by atoms with Gasteiger partial charge < -0.3 is 15.0 Å². The van der Waals surface area contributed by atoms with E-state index in [0.717, 1.165) is 10.4 Å². The summed E-state index contributed by atoms with van der Waals surface area (Å²) >= 11 is 1.55. The van der Waals surface area contributed by atoms with Gasteiger partial charge in [0, 0.05) is 18.5 Å². The molecule has 0 radical (unpaired) electrons. The number of carbonyl (C=O) groups excluding carboxylic acids is 2. The number of hydrogen-bond acceptors (Lipinski definition) is 5. The highest BCUT2D eigenvalue weighted by Crippen LogP contribution is 2.33. The summed E-state index contributed by atoms with van der Waals surface area (Å²) in [6.07, 6.45) is 0. The van der Waals surface area contributed by atoms with E-state index in [1.165, 1.54) is 4.88 Å². The van der Waals surface area contributed by atoms with Crippen molar-refractivity contribution in [2.75, 3.05) is 40.3 Å². The zero-order valence-corrected chi connectivity index (χ0v) is 14.8. The number of thiophene rings is 1. The lowest BCUT2D eigenvalue weighted by Crippen LogP contribution is -2.73. The Kier molecular flexibility index (Phi) is 4.20. The zero-order valence-electron chi connectivity index (χ0n) is 14.0. The number of hydrogen-bond donors (Lipinski definition) is 1. The Morgan fingerprint density at radius 1 is 1.35 bits per heavy atom. The maximum absolute atomic E-state index is 12.5. The molecule has 2 amide bonds. The van der Waals surface area contributed by atoms with Crippen molar-refractivity contribution in [2.45, 2.75) is 25.5 Å². The maximum Gasteiger partial charge on any atom is 0.264 e. The van der Waals surface area contributed by atoms with Crippen LogP contribution in [0.5, 0.6) is 0 Å². The first-order valence-corrected chi connectivity index (χ1v) is 8.59. The van der Waals surface area contributed by atoms with Gasteiger partial charge in [0.1, 0.15) is 11.6 Å². The molecule has 0 aromatic carbocycles. The van der Waals surface area contributed by atoms with Crippen molar-refractivity contribution in [1.82, 2.24) is 15.1 Å². The van der Waals surface area contributed by atoms with Crippen molar-refractivity contribution >= 4 is 23.2 Å². The number of amides is 2. The van der Waals surface area contributed by atoms with Crippen LogP contribution in [0.3, 0.4) is 0 Å². The molecule has 1 aromatic heterocycles. The minimum Gasteiger partial charge on any atom is -0.368 e. The Bertz CT molecular complexity index is 617. The third kappa shape index (κ3) is 2.88. The van der Waals surface area contributed by atoms with Gasteiger partial charge in [-0.3, -0.25) is 14.5 Å². The molecule has 0 unspecified atom stereocenters. The summed E-state index contributed by atoms with van der Waals surface area (Å²) in [7, 11) is 3.57. The Labute approximate surface area is 140 Å². The van der Waals surface area contributed by atoms with Crippen LogP contribution >= 0.6 is 11.3 Å². The normalized spacial score (nSPS) is 23.7. The summed E-state index contributed by atoms with van der Waals surface area (Å²) in [6, 6.07) is 1.71. The quantitative estimate of drug-likeness (QED) is 0.860. The number of rotatable bonds is 2. The molecule has 23 heavy (non-hydrogen) atoms. The molecular formula is C16H23N3O3S. The Hall–Kier alpha value is -1.44. The van der Waals surface area contributed by atoms with E-state index in [-0.39, 0.29) is 23.5 Å². The van der Waals surface area contributed by atoms with Gasteiger partial charge in [0.05, 0.1) is 24.6 Å².